The number of guanidine groups is 1. The molecule has 2 aliphatic rings. The fraction of sp³-hybridized carbons (Fsp3) is 0.524. The minimum absolute atomic E-state index is 0.0413. The van der Waals surface area contributed by atoms with Crippen molar-refractivity contribution in [2.45, 2.75) is 19.4 Å². The van der Waals surface area contributed by atoms with E-state index < -0.39 is 0 Å². The quantitative estimate of drug-likeness (QED) is 0.414. The topological polar surface area (TPSA) is 103 Å². The first-order valence-electron chi connectivity index (χ1n) is 10.2. The molecule has 1 aromatic carbocycles. The monoisotopic (exact) mass is 415 g/mol. The Bertz CT molecular complexity index is 800. The SMILES string of the molecule is CN=C(NCc1ccc(C(=O)N2CCNC(=O)C2)cc1)N1CCC(C(=O)OC)CC1. The van der Waals surface area contributed by atoms with Crippen LogP contribution in [0.1, 0.15) is 28.8 Å². The maximum atomic E-state index is 12.5. The van der Waals surface area contributed by atoms with Gasteiger partial charge in [0.1, 0.15) is 0 Å². The van der Waals surface area contributed by atoms with E-state index in [9.17, 15) is 14.4 Å². The van der Waals surface area contributed by atoms with Gasteiger partial charge in [0, 0.05) is 45.3 Å². The number of nitrogens with one attached hydrogen (secondary N) is 2. The van der Waals surface area contributed by atoms with Crippen molar-refractivity contribution >= 4 is 23.7 Å². The molecule has 0 unspecified atom stereocenters. The number of esters is 1. The highest BCUT2D eigenvalue weighted by atomic mass is 16.5. The summed E-state index contributed by atoms with van der Waals surface area (Å²) >= 11 is 0. The van der Waals surface area contributed by atoms with E-state index in [1.54, 1.807) is 24.1 Å². The Labute approximate surface area is 176 Å². The summed E-state index contributed by atoms with van der Waals surface area (Å²) in [6.07, 6.45) is 1.50. The number of piperazine rings is 1. The van der Waals surface area contributed by atoms with Gasteiger partial charge in [0.25, 0.3) is 5.91 Å². The van der Waals surface area contributed by atoms with Crippen molar-refractivity contribution in [1.29, 1.82) is 0 Å². The Morgan fingerprint density at radius 1 is 1.17 bits per heavy atom. The number of hydrogen-bond donors (Lipinski definition) is 2. The summed E-state index contributed by atoms with van der Waals surface area (Å²) in [5.74, 6) is 0.349. The molecule has 2 heterocycles. The third-order valence-electron chi connectivity index (χ3n) is 5.52. The standard InChI is InChI=1S/C21H29N5O4/c1-22-21(25-10-7-17(8-11-25)20(29)30-2)24-13-15-3-5-16(6-4-15)19(28)26-12-9-23-18(27)14-26/h3-6,17H,7-14H2,1-2H3,(H,22,24)(H,23,27). The summed E-state index contributed by atoms with van der Waals surface area (Å²) in [5.41, 5.74) is 1.59. The van der Waals surface area contributed by atoms with Crippen molar-refractivity contribution in [1.82, 2.24) is 20.4 Å². The van der Waals surface area contributed by atoms with Crippen LogP contribution in [-0.2, 0) is 20.9 Å². The molecule has 0 spiro atoms. The molecular weight excluding hydrogens is 386 g/mol. The third kappa shape index (κ3) is 5.28. The van der Waals surface area contributed by atoms with Crippen molar-refractivity contribution in [2.75, 3.05) is 46.9 Å². The zero-order chi connectivity index (χ0) is 21.5. The number of amides is 2. The number of rotatable bonds is 4. The first kappa shape index (κ1) is 21.6. The lowest BCUT2D eigenvalue weighted by Crippen LogP contribution is -2.49. The summed E-state index contributed by atoms with van der Waals surface area (Å²) in [6.45, 7) is 3.18. The summed E-state index contributed by atoms with van der Waals surface area (Å²) in [4.78, 5) is 43.8. The second-order valence-corrected chi connectivity index (χ2v) is 7.46. The molecule has 2 N–H and O–H groups in total. The molecule has 3 rings (SSSR count). The Balaban J connectivity index is 1.51. The van der Waals surface area contributed by atoms with E-state index in [2.05, 4.69) is 20.5 Å². The fourth-order valence-corrected chi connectivity index (χ4v) is 3.77. The van der Waals surface area contributed by atoms with Gasteiger partial charge in [-0.3, -0.25) is 19.4 Å². The van der Waals surface area contributed by atoms with Gasteiger partial charge < -0.3 is 25.2 Å². The Hall–Kier alpha value is -3.10. The van der Waals surface area contributed by atoms with Gasteiger partial charge in [-0.1, -0.05) is 12.1 Å². The molecule has 0 saturated carbocycles. The average Bonchev–Trinajstić information content (AvgIpc) is 2.79. The second-order valence-electron chi connectivity index (χ2n) is 7.46. The first-order chi connectivity index (χ1) is 14.5. The van der Waals surface area contributed by atoms with Gasteiger partial charge in [-0.15, -0.1) is 0 Å². The molecule has 0 radical (unpaired) electrons. The molecule has 9 nitrogen and oxygen atoms in total. The second kappa shape index (κ2) is 10.1. The van der Waals surface area contributed by atoms with Gasteiger partial charge in [-0.2, -0.15) is 0 Å². The summed E-state index contributed by atoms with van der Waals surface area (Å²) in [6, 6.07) is 7.38. The van der Waals surface area contributed by atoms with E-state index in [-0.39, 0.29) is 30.2 Å². The van der Waals surface area contributed by atoms with E-state index >= 15 is 0 Å². The normalized spacial score (nSPS) is 18.1. The molecule has 0 aliphatic carbocycles. The predicted molar refractivity (Wildman–Crippen MR) is 112 cm³/mol. The maximum Gasteiger partial charge on any atom is 0.308 e. The van der Waals surface area contributed by atoms with E-state index in [1.807, 2.05) is 12.1 Å². The molecule has 1 aromatic rings. The Morgan fingerprint density at radius 2 is 1.87 bits per heavy atom. The molecule has 0 aromatic heterocycles. The number of ether oxygens (including phenoxy) is 1. The zero-order valence-electron chi connectivity index (χ0n) is 17.5. The van der Waals surface area contributed by atoms with Crippen LogP contribution in [0.25, 0.3) is 0 Å². The average molecular weight is 415 g/mol. The maximum absolute atomic E-state index is 12.5. The lowest BCUT2D eigenvalue weighted by molar-refractivity contribution is -0.146. The highest BCUT2D eigenvalue weighted by Gasteiger charge is 2.27. The van der Waals surface area contributed by atoms with Crippen molar-refractivity contribution in [3.63, 3.8) is 0 Å². The van der Waals surface area contributed by atoms with Crippen LogP contribution in [0, 0.1) is 5.92 Å². The number of aliphatic imine (C=N–C) groups is 1. The van der Waals surface area contributed by atoms with Gasteiger partial charge in [0.15, 0.2) is 5.96 Å². The minimum atomic E-state index is -0.141. The van der Waals surface area contributed by atoms with Gasteiger partial charge in [-0.05, 0) is 30.5 Å². The third-order valence-corrected chi connectivity index (χ3v) is 5.52. The molecule has 0 bridgehead atoms. The van der Waals surface area contributed by atoms with E-state index in [1.165, 1.54) is 7.11 Å². The number of methoxy groups -OCH3 is 1. The molecule has 2 amide bonds. The van der Waals surface area contributed by atoms with Crippen LogP contribution >= 0.6 is 0 Å². The van der Waals surface area contributed by atoms with Gasteiger partial charge in [0.2, 0.25) is 5.91 Å². The van der Waals surface area contributed by atoms with Crippen LogP contribution < -0.4 is 10.6 Å². The Morgan fingerprint density at radius 3 is 2.47 bits per heavy atom. The summed E-state index contributed by atoms with van der Waals surface area (Å²) < 4.78 is 4.84. The molecule has 2 aliphatic heterocycles. The lowest BCUT2D eigenvalue weighted by Gasteiger charge is -2.33. The number of piperidine rings is 1. The largest absolute Gasteiger partial charge is 0.469 e. The van der Waals surface area contributed by atoms with Crippen LogP contribution in [0.3, 0.4) is 0 Å². The van der Waals surface area contributed by atoms with Crippen LogP contribution in [0.4, 0.5) is 0 Å². The lowest BCUT2D eigenvalue weighted by atomic mass is 9.97. The van der Waals surface area contributed by atoms with Gasteiger partial charge in [0.05, 0.1) is 19.6 Å². The van der Waals surface area contributed by atoms with Crippen LogP contribution in [0.15, 0.2) is 29.3 Å². The number of likely N-dealkylation sites (tertiary alicyclic amines) is 1. The van der Waals surface area contributed by atoms with Crippen molar-refractivity contribution in [3.8, 4) is 0 Å². The summed E-state index contributed by atoms with van der Waals surface area (Å²) in [7, 11) is 3.17. The minimum Gasteiger partial charge on any atom is -0.469 e. The van der Waals surface area contributed by atoms with Crippen molar-refractivity contribution in [2.24, 2.45) is 10.9 Å². The van der Waals surface area contributed by atoms with Crippen LogP contribution in [0.5, 0.6) is 0 Å². The molecule has 162 valence electrons. The molecule has 9 heteroatoms. The van der Waals surface area contributed by atoms with E-state index in [0.717, 1.165) is 37.5 Å². The van der Waals surface area contributed by atoms with Crippen LogP contribution in [0.2, 0.25) is 0 Å². The summed E-state index contributed by atoms with van der Waals surface area (Å²) in [5, 5.41) is 6.06. The first-order valence-corrected chi connectivity index (χ1v) is 10.2. The van der Waals surface area contributed by atoms with E-state index in [0.29, 0.717) is 25.2 Å². The number of carbonyl (C=O) groups is 3. The molecule has 30 heavy (non-hydrogen) atoms. The van der Waals surface area contributed by atoms with Crippen LogP contribution in [-0.4, -0.2) is 80.4 Å². The number of benzene rings is 1. The number of carbonyl (C=O) groups excluding carboxylic acids is 3. The van der Waals surface area contributed by atoms with E-state index in [4.69, 9.17) is 4.74 Å². The zero-order valence-corrected chi connectivity index (χ0v) is 17.5. The van der Waals surface area contributed by atoms with Gasteiger partial charge in [-0.25, -0.2) is 0 Å². The fourth-order valence-electron chi connectivity index (χ4n) is 3.77. The molecular formula is C21H29N5O4. The molecule has 0 atom stereocenters. The number of hydrogen-bond acceptors (Lipinski definition) is 5. The molecule has 2 fully saturated rings. The van der Waals surface area contributed by atoms with Crippen molar-refractivity contribution in [3.05, 3.63) is 35.4 Å². The Kier molecular flexibility index (Phi) is 7.26. The highest BCUT2D eigenvalue weighted by Crippen LogP contribution is 2.18. The number of nitrogens with zero attached hydrogens (tertiary/aromatic N) is 3. The highest BCUT2D eigenvalue weighted by molar-refractivity contribution is 5.97. The molecule has 2 saturated heterocycles. The van der Waals surface area contributed by atoms with Gasteiger partial charge >= 0.3 is 5.97 Å². The van der Waals surface area contributed by atoms with Crippen molar-refractivity contribution < 1.29 is 19.1 Å². The predicted octanol–water partition coefficient (Wildman–Crippen LogP) is 0.219. The smallest absolute Gasteiger partial charge is 0.308 e.